The quantitative estimate of drug-likeness (QED) is 0.827. The lowest BCUT2D eigenvalue weighted by Crippen LogP contribution is -2.30. The lowest BCUT2D eigenvalue weighted by atomic mass is 10.2. The number of unbranched alkanes of at least 4 members (excludes halogenated alkanes) is 1. The molecule has 0 aromatic carbocycles. The molecule has 0 bridgehead atoms. The molecule has 0 unspecified atom stereocenters. The SMILES string of the molecule is CCCCc1nccn1S(=O)(=O)C(F)(F)F. The monoisotopic (exact) mass is 256 g/mol. The average Bonchev–Trinajstić information content (AvgIpc) is 2.61. The second-order valence-corrected chi connectivity index (χ2v) is 5.00. The highest BCUT2D eigenvalue weighted by Crippen LogP contribution is 2.26. The van der Waals surface area contributed by atoms with Gasteiger partial charge in [0.15, 0.2) is 0 Å². The number of aromatic nitrogens is 2. The van der Waals surface area contributed by atoms with Gasteiger partial charge >= 0.3 is 15.5 Å². The molecule has 1 aromatic heterocycles. The summed E-state index contributed by atoms with van der Waals surface area (Å²) in [5.41, 5.74) is -5.30. The van der Waals surface area contributed by atoms with Crippen molar-refractivity contribution in [1.82, 2.24) is 8.96 Å². The number of halogens is 3. The zero-order valence-corrected chi connectivity index (χ0v) is 9.35. The lowest BCUT2D eigenvalue weighted by Gasteiger charge is -2.11. The van der Waals surface area contributed by atoms with Crippen molar-refractivity contribution in [2.45, 2.75) is 31.7 Å². The highest BCUT2D eigenvalue weighted by molar-refractivity contribution is 7.90. The van der Waals surface area contributed by atoms with Crippen LogP contribution in [0.2, 0.25) is 0 Å². The van der Waals surface area contributed by atoms with Gasteiger partial charge in [0, 0.05) is 18.8 Å². The van der Waals surface area contributed by atoms with Crippen molar-refractivity contribution in [3.63, 3.8) is 0 Å². The van der Waals surface area contributed by atoms with Crippen LogP contribution in [0.5, 0.6) is 0 Å². The summed E-state index contributed by atoms with van der Waals surface area (Å²) in [5.74, 6) is -0.0841. The van der Waals surface area contributed by atoms with Crippen LogP contribution in [-0.4, -0.2) is 22.9 Å². The first kappa shape index (κ1) is 13.0. The van der Waals surface area contributed by atoms with Crippen LogP contribution in [0.4, 0.5) is 13.2 Å². The van der Waals surface area contributed by atoms with Gasteiger partial charge < -0.3 is 0 Å². The lowest BCUT2D eigenvalue weighted by molar-refractivity contribution is -0.0447. The molecule has 0 atom stereocenters. The largest absolute Gasteiger partial charge is 0.517 e. The maximum atomic E-state index is 12.3. The third kappa shape index (κ3) is 2.37. The van der Waals surface area contributed by atoms with Gasteiger partial charge in [-0.05, 0) is 6.42 Å². The van der Waals surface area contributed by atoms with E-state index in [1.165, 1.54) is 0 Å². The summed E-state index contributed by atoms with van der Waals surface area (Å²) in [5, 5.41) is 0. The minimum absolute atomic E-state index is 0.0841. The molecule has 0 spiro atoms. The minimum atomic E-state index is -5.34. The minimum Gasteiger partial charge on any atom is -0.241 e. The van der Waals surface area contributed by atoms with E-state index in [-0.39, 0.29) is 16.2 Å². The Morgan fingerprint density at radius 2 is 2.06 bits per heavy atom. The molecule has 16 heavy (non-hydrogen) atoms. The summed E-state index contributed by atoms with van der Waals surface area (Å²) in [6.07, 6.45) is 3.41. The number of alkyl halides is 3. The Labute approximate surface area is 91.2 Å². The molecule has 0 radical (unpaired) electrons. The van der Waals surface area contributed by atoms with Crippen molar-refractivity contribution in [2.24, 2.45) is 0 Å². The smallest absolute Gasteiger partial charge is 0.241 e. The normalized spacial score (nSPS) is 13.0. The fourth-order valence-electron chi connectivity index (χ4n) is 1.16. The van der Waals surface area contributed by atoms with Gasteiger partial charge in [-0.3, -0.25) is 0 Å². The van der Waals surface area contributed by atoms with Crippen molar-refractivity contribution in [1.29, 1.82) is 0 Å². The summed E-state index contributed by atoms with van der Waals surface area (Å²) in [7, 11) is -5.34. The Morgan fingerprint density at radius 3 is 2.56 bits per heavy atom. The Balaban J connectivity index is 3.10. The zero-order chi connectivity index (χ0) is 12.4. The van der Waals surface area contributed by atoms with Gasteiger partial charge in [-0.2, -0.15) is 21.6 Å². The van der Waals surface area contributed by atoms with Crippen LogP contribution in [-0.2, 0) is 16.4 Å². The molecule has 1 rings (SSSR count). The highest BCUT2D eigenvalue weighted by atomic mass is 32.2. The van der Waals surface area contributed by atoms with E-state index in [9.17, 15) is 21.6 Å². The molecular formula is C8H11F3N2O2S. The van der Waals surface area contributed by atoms with Crippen LogP contribution in [0, 0.1) is 0 Å². The van der Waals surface area contributed by atoms with Crippen LogP contribution in [0.25, 0.3) is 0 Å². The number of hydrogen-bond donors (Lipinski definition) is 0. The molecule has 0 amide bonds. The van der Waals surface area contributed by atoms with Crippen LogP contribution >= 0.6 is 0 Å². The summed E-state index contributed by atoms with van der Waals surface area (Å²) in [6.45, 7) is 1.85. The second kappa shape index (κ2) is 4.44. The fourth-order valence-corrected chi connectivity index (χ4v) is 2.02. The fraction of sp³-hybridized carbons (Fsp3) is 0.625. The molecule has 0 aliphatic heterocycles. The van der Waals surface area contributed by atoms with Crippen LogP contribution in [0.15, 0.2) is 12.4 Å². The Kier molecular flexibility index (Phi) is 3.61. The van der Waals surface area contributed by atoms with Crippen molar-refractivity contribution < 1.29 is 21.6 Å². The molecule has 0 saturated carbocycles. The molecule has 92 valence electrons. The van der Waals surface area contributed by atoms with E-state index < -0.39 is 15.5 Å². The van der Waals surface area contributed by atoms with Crippen molar-refractivity contribution in [3.05, 3.63) is 18.2 Å². The summed E-state index contributed by atoms with van der Waals surface area (Å²) >= 11 is 0. The van der Waals surface area contributed by atoms with Gasteiger partial charge in [-0.25, -0.2) is 8.96 Å². The third-order valence-corrected chi connectivity index (χ3v) is 3.42. The molecule has 0 aliphatic rings. The first-order valence-corrected chi connectivity index (χ1v) is 6.08. The molecule has 0 saturated heterocycles. The first-order chi connectivity index (χ1) is 7.30. The van der Waals surface area contributed by atoms with Gasteiger partial charge in [0.05, 0.1) is 0 Å². The molecule has 0 N–H and O–H groups in total. The van der Waals surface area contributed by atoms with E-state index >= 15 is 0 Å². The highest BCUT2D eigenvalue weighted by Gasteiger charge is 2.48. The van der Waals surface area contributed by atoms with Crippen molar-refractivity contribution >= 4 is 10.0 Å². The molecule has 1 aromatic rings. The predicted octanol–water partition coefficient (Wildman–Crippen LogP) is 1.92. The Bertz CT molecular complexity index is 450. The van der Waals surface area contributed by atoms with Crippen molar-refractivity contribution in [2.75, 3.05) is 0 Å². The van der Waals surface area contributed by atoms with E-state index in [0.717, 1.165) is 18.8 Å². The average molecular weight is 256 g/mol. The number of imidazole rings is 1. The third-order valence-electron chi connectivity index (χ3n) is 1.99. The summed E-state index contributed by atoms with van der Waals surface area (Å²) in [4.78, 5) is 3.62. The van der Waals surface area contributed by atoms with Crippen LogP contribution < -0.4 is 0 Å². The molecule has 4 nitrogen and oxygen atoms in total. The molecule has 8 heteroatoms. The second-order valence-electron chi connectivity index (χ2n) is 3.19. The molecular weight excluding hydrogens is 245 g/mol. The van der Waals surface area contributed by atoms with Crippen LogP contribution in [0.1, 0.15) is 25.6 Å². The van der Waals surface area contributed by atoms with Gasteiger partial charge in [0.1, 0.15) is 5.82 Å². The maximum Gasteiger partial charge on any atom is 0.517 e. The summed E-state index contributed by atoms with van der Waals surface area (Å²) in [6, 6.07) is 0. The van der Waals surface area contributed by atoms with E-state index in [4.69, 9.17) is 0 Å². The number of rotatable bonds is 4. The topological polar surface area (TPSA) is 52.0 Å². The van der Waals surface area contributed by atoms with E-state index in [1.54, 1.807) is 0 Å². The van der Waals surface area contributed by atoms with Crippen molar-refractivity contribution in [3.8, 4) is 0 Å². The first-order valence-electron chi connectivity index (χ1n) is 4.64. The number of aryl methyl sites for hydroxylation is 1. The molecule has 1 heterocycles. The number of hydrogen-bond acceptors (Lipinski definition) is 3. The van der Waals surface area contributed by atoms with Gasteiger partial charge in [0.25, 0.3) is 0 Å². The van der Waals surface area contributed by atoms with E-state index in [1.807, 2.05) is 6.92 Å². The van der Waals surface area contributed by atoms with E-state index in [2.05, 4.69) is 4.98 Å². The van der Waals surface area contributed by atoms with Gasteiger partial charge in [-0.15, -0.1) is 0 Å². The van der Waals surface area contributed by atoms with E-state index in [0.29, 0.717) is 6.42 Å². The molecule has 0 aliphatic carbocycles. The van der Waals surface area contributed by atoms with Gasteiger partial charge in [-0.1, -0.05) is 13.3 Å². The molecule has 0 fully saturated rings. The summed E-state index contributed by atoms with van der Waals surface area (Å²) < 4.78 is 59.2. The standard InChI is InChI=1S/C8H11F3N2O2S/c1-2-3-4-7-12-5-6-13(7)16(14,15)8(9,10)11/h5-6H,2-4H2,1H3. The Hall–Kier alpha value is -1.05. The van der Waals surface area contributed by atoms with Gasteiger partial charge in [0.2, 0.25) is 0 Å². The zero-order valence-electron chi connectivity index (χ0n) is 8.53. The number of nitrogens with zero attached hydrogens (tertiary/aromatic N) is 2. The Morgan fingerprint density at radius 1 is 1.44 bits per heavy atom. The van der Waals surface area contributed by atoms with Crippen LogP contribution in [0.3, 0.4) is 0 Å². The predicted molar refractivity (Wildman–Crippen MR) is 51.2 cm³/mol. The maximum absolute atomic E-state index is 12.3.